The van der Waals surface area contributed by atoms with Crippen molar-refractivity contribution in [2.45, 2.75) is 0 Å². The van der Waals surface area contributed by atoms with E-state index >= 15 is 0 Å². The van der Waals surface area contributed by atoms with Gasteiger partial charge in [0.05, 0.1) is 5.09 Å². The Morgan fingerprint density at radius 1 is 0.769 bits per heavy atom. The fourth-order valence-corrected chi connectivity index (χ4v) is 0.345. The van der Waals surface area contributed by atoms with Gasteiger partial charge in [0.25, 0.3) is 0 Å². The zero-order valence-electron chi connectivity index (χ0n) is 5.93. The third-order valence-electron chi connectivity index (χ3n) is 0.103. The van der Waals surface area contributed by atoms with Crippen molar-refractivity contribution in [3.63, 3.8) is 0 Å². The molecule has 0 fully saturated rings. The molecule has 0 atom stereocenters. The molecule has 0 aromatic carbocycles. The Hall–Kier alpha value is -1.39. The van der Waals surface area contributed by atoms with E-state index in [0.29, 0.717) is 0 Å². The van der Waals surface area contributed by atoms with Gasteiger partial charge in [-0.1, -0.05) is 0 Å². The van der Waals surface area contributed by atoms with Gasteiger partial charge in [0.2, 0.25) is 0 Å². The molecule has 6 N–H and O–H groups in total. The molecule has 0 saturated heterocycles. The van der Waals surface area contributed by atoms with Gasteiger partial charge in [-0.15, -0.1) is 0 Å². The summed E-state index contributed by atoms with van der Waals surface area (Å²) < 4.78 is -1.78. The van der Waals surface area contributed by atoms with Crippen molar-refractivity contribution >= 4 is 0 Å². The van der Waals surface area contributed by atoms with Crippen molar-refractivity contribution in [1.29, 1.82) is 0 Å². The fourth-order valence-electron chi connectivity index (χ4n) is 0.0422. The normalized spacial score (nSPS) is 6.46. The molecule has 0 unspecified atom stereocenters. The van der Waals surface area contributed by atoms with Crippen LogP contribution in [0.25, 0.3) is 0 Å². The van der Waals surface area contributed by atoms with Crippen LogP contribution in [0.5, 0.6) is 0 Å². The summed E-state index contributed by atoms with van der Waals surface area (Å²) >= 11 is -2.06. The molecular formula is H6N5O7Pt-. The van der Waals surface area contributed by atoms with Crippen molar-refractivity contribution in [3.8, 4) is 0 Å². The van der Waals surface area contributed by atoms with Gasteiger partial charge in [0.1, 0.15) is 0 Å². The molecule has 0 spiro atoms. The maximum atomic E-state index is 9.22. The van der Waals surface area contributed by atoms with E-state index in [1.165, 1.54) is 0 Å². The van der Waals surface area contributed by atoms with Crippen LogP contribution in [0.1, 0.15) is 0 Å². The first-order valence-electron chi connectivity index (χ1n) is 1.56. The Bertz CT molecular complexity index is 150. The molecule has 13 heavy (non-hydrogen) atoms. The number of nitro groups is 2. The molecule has 0 aromatic rings. The fraction of sp³-hybridized carbons (Fsp3) is 0. The Kier molecular flexibility index (Phi) is 22.9. The zero-order valence-corrected chi connectivity index (χ0v) is 8.20. The number of rotatable bonds is 2. The van der Waals surface area contributed by atoms with Gasteiger partial charge >= 0.3 is 46.3 Å². The summed E-state index contributed by atoms with van der Waals surface area (Å²) in [6.45, 7) is 0. The van der Waals surface area contributed by atoms with Crippen LogP contribution >= 0.6 is 0 Å². The molecule has 0 aliphatic heterocycles. The van der Waals surface area contributed by atoms with Crippen LogP contribution in [0.2, 0.25) is 0 Å². The molecule has 0 rings (SSSR count). The maximum absolute atomic E-state index is 9.22. The van der Waals surface area contributed by atoms with E-state index in [1.807, 2.05) is 0 Å². The first-order valence-corrected chi connectivity index (χ1v) is 3.59. The minimum absolute atomic E-state index is 0. The molecule has 0 heterocycles. The monoisotopic (exact) mass is 383 g/mol. The van der Waals surface area contributed by atoms with Crippen molar-refractivity contribution in [2.24, 2.45) is 0 Å². The summed E-state index contributed by atoms with van der Waals surface area (Å²) in [6.07, 6.45) is 0. The summed E-state index contributed by atoms with van der Waals surface area (Å²) in [5.41, 5.74) is 0. The second kappa shape index (κ2) is 13.2. The second-order valence-corrected chi connectivity index (χ2v) is 2.78. The molecule has 0 bridgehead atoms. The van der Waals surface area contributed by atoms with Crippen molar-refractivity contribution < 1.29 is 31.1 Å². The third-order valence-corrected chi connectivity index (χ3v) is 0.845. The zero-order chi connectivity index (χ0) is 9.44. The van der Waals surface area contributed by atoms with Crippen LogP contribution in [-0.4, -0.2) is 12.1 Å². The molecular weight excluding hydrogens is 377 g/mol. The van der Waals surface area contributed by atoms with Crippen LogP contribution in [0.3, 0.4) is 0 Å². The molecule has 12 nitrogen and oxygen atoms in total. The third kappa shape index (κ3) is 116. The van der Waals surface area contributed by atoms with Crippen molar-refractivity contribution in [2.75, 3.05) is 0 Å². The summed E-state index contributed by atoms with van der Waals surface area (Å²) in [7, 11) is 0. The van der Waals surface area contributed by atoms with Gasteiger partial charge in [0.15, 0.2) is 0 Å². The van der Waals surface area contributed by atoms with E-state index in [1.54, 1.807) is 0 Å². The minimum atomic E-state index is -2.06. The average Bonchev–Trinajstić information content (AvgIpc) is 1.56. The average molecular weight is 383 g/mol. The van der Waals surface area contributed by atoms with Crippen LogP contribution in [0.4, 0.5) is 0 Å². The van der Waals surface area contributed by atoms with E-state index in [0.717, 1.165) is 0 Å². The van der Waals surface area contributed by atoms with Crippen LogP contribution in [0, 0.1) is 35.6 Å². The molecule has 13 heteroatoms. The molecule has 84 valence electrons. The summed E-state index contributed by atoms with van der Waals surface area (Å²) in [4.78, 5) is 26.7. The molecule has 0 aliphatic carbocycles. The predicted molar refractivity (Wildman–Crippen MR) is 34.4 cm³/mol. The standard InChI is InChI=1S/NO3.2NO2.2H3N.Pt/c2-1(3)4;2*2-1-3;;;/h;;;2*1H3;/q-1;;;;;. The summed E-state index contributed by atoms with van der Waals surface area (Å²) in [5, 5.41) is 33.2. The Morgan fingerprint density at radius 3 is 0.923 bits per heavy atom. The number of nitrogens with zero attached hydrogens (tertiary/aromatic N) is 3. The van der Waals surface area contributed by atoms with Crippen LogP contribution in [-0.2, 0) is 19.1 Å². The molecule has 0 aromatic heterocycles. The molecule has 0 saturated carbocycles. The molecule has 0 radical (unpaired) electrons. The van der Waals surface area contributed by atoms with Gasteiger partial charge in [-0.05, 0) is 0 Å². The number of hydrogen-bond acceptors (Lipinski definition) is 9. The Balaban J connectivity index is -0.0000000600. The summed E-state index contributed by atoms with van der Waals surface area (Å²) in [5.74, 6) is 0. The molecule has 0 amide bonds. The Labute approximate surface area is 79.6 Å². The molecule has 0 aliphatic rings. The van der Waals surface area contributed by atoms with E-state index in [2.05, 4.69) is 0 Å². The van der Waals surface area contributed by atoms with E-state index in [-0.39, 0.29) is 12.3 Å². The Morgan fingerprint density at radius 2 is 0.923 bits per heavy atom. The van der Waals surface area contributed by atoms with Gasteiger partial charge in [-0.25, -0.2) is 0 Å². The van der Waals surface area contributed by atoms with Crippen LogP contribution in [0.15, 0.2) is 0 Å². The summed E-state index contributed by atoms with van der Waals surface area (Å²) in [6, 6.07) is 0. The van der Waals surface area contributed by atoms with Crippen LogP contribution < -0.4 is 12.3 Å². The van der Waals surface area contributed by atoms with Gasteiger partial charge in [-0.2, -0.15) is 0 Å². The SMILES string of the molecule is N.N.O=[N+]([O-])[O-].O=[N+]([O-])[Pt][N+](=O)[O-]. The predicted octanol–water partition coefficient (Wildman–Crippen LogP) is -0.463. The van der Waals surface area contributed by atoms with E-state index < -0.39 is 31.1 Å². The quantitative estimate of drug-likeness (QED) is 0.464. The van der Waals surface area contributed by atoms with Crippen molar-refractivity contribution in [3.05, 3.63) is 35.6 Å². The van der Waals surface area contributed by atoms with Gasteiger partial charge < -0.3 is 27.6 Å². The second-order valence-electron chi connectivity index (χ2n) is 0.667. The number of hydrogen-bond donors (Lipinski definition) is 2. The first-order chi connectivity index (χ1) is 4.86. The van der Waals surface area contributed by atoms with Gasteiger partial charge in [0, 0.05) is 0 Å². The van der Waals surface area contributed by atoms with Crippen molar-refractivity contribution in [1.82, 2.24) is 12.3 Å². The first kappa shape index (κ1) is 22.6. The van der Waals surface area contributed by atoms with E-state index in [4.69, 9.17) is 15.3 Å². The van der Waals surface area contributed by atoms with Gasteiger partial charge in [-0.3, -0.25) is 0 Å². The van der Waals surface area contributed by atoms with E-state index in [9.17, 15) is 20.2 Å². The topological polar surface area (TPSA) is 222 Å².